The molecule has 4 nitrogen and oxygen atoms in total. The van der Waals surface area contributed by atoms with Crippen LogP contribution < -0.4 is 15.6 Å². The molecule has 1 aromatic heterocycles. The molecule has 0 saturated carbocycles. The molecule has 0 fully saturated rings. The fraction of sp³-hybridized carbons (Fsp3) is 0.265. The van der Waals surface area contributed by atoms with Crippen LogP contribution in [0.1, 0.15) is 56.6 Å². The molecule has 4 rings (SSSR count). The van der Waals surface area contributed by atoms with Crippen LogP contribution in [0.3, 0.4) is 0 Å². The highest BCUT2D eigenvalue weighted by Crippen LogP contribution is 2.31. The maximum absolute atomic E-state index is 13.5. The van der Waals surface area contributed by atoms with Crippen LogP contribution in [0.25, 0.3) is 29.2 Å². The van der Waals surface area contributed by atoms with Gasteiger partial charge in [-0.25, -0.2) is 0 Å². The number of nitrogens with two attached hydrogens (primary N) is 1. The van der Waals surface area contributed by atoms with E-state index in [1.54, 1.807) is 0 Å². The smallest absolute Gasteiger partial charge is 0.200 e. The molecule has 0 unspecified atom stereocenters. The molecule has 198 valence electrons. The lowest BCUT2D eigenvalue weighted by atomic mass is 9.80. The number of hydrogen-bond acceptors (Lipinski definition) is 3. The monoisotopic (exact) mass is 509 g/mol. The van der Waals surface area contributed by atoms with E-state index in [0.29, 0.717) is 22.3 Å². The lowest BCUT2D eigenvalue weighted by molar-refractivity contribution is -0.540. The third-order valence-electron chi connectivity index (χ3n) is 6.61. The minimum Gasteiger partial charge on any atom is -0.456 e. The van der Waals surface area contributed by atoms with Crippen molar-refractivity contribution in [2.75, 3.05) is 26.0 Å². The Morgan fingerprint density at radius 2 is 1.53 bits per heavy atom. The van der Waals surface area contributed by atoms with Gasteiger partial charge < -0.3 is 14.6 Å². The molecule has 0 amide bonds. The van der Waals surface area contributed by atoms with Crippen molar-refractivity contribution in [2.24, 2.45) is 0 Å². The Bertz CT molecular complexity index is 1460. The van der Waals surface area contributed by atoms with Gasteiger partial charge in [0.1, 0.15) is 17.0 Å². The highest BCUT2D eigenvalue weighted by Gasteiger charge is 2.23. The maximum Gasteiger partial charge on any atom is 0.200 e. The summed E-state index contributed by atoms with van der Waals surface area (Å²) in [5.74, 6) is 0.562. The largest absolute Gasteiger partial charge is 0.456 e. The van der Waals surface area contributed by atoms with E-state index < -0.39 is 0 Å². The summed E-state index contributed by atoms with van der Waals surface area (Å²) in [5.41, 5.74) is 5.78. The molecule has 3 aromatic carbocycles. The maximum atomic E-state index is 13.5. The second kappa shape index (κ2) is 13.1. The fourth-order valence-corrected chi connectivity index (χ4v) is 4.46. The van der Waals surface area contributed by atoms with Gasteiger partial charge in [-0.3, -0.25) is 4.79 Å². The Morgan fingerprint density at radius 3 is 2.21 bits per heavy atom. The number of fused-ring (bicyclic) bond motifs is 1. The van der Waals surface area contributed by atoms with Gasteiger partial charge in [-0.1, -0.05) is 88.4 Å². The summed E-state index contributed by atoms with van der Waals surface area (Å²) in [6, 6.07) is 24.2. The van der Waals surface area contributed by atoms with Gasteiger partial charge in [-0.15, -0.1) is 0 Å². The first kappa shape index (κ1) is 28.7. The van der Waals surface area contributed by atoms with Crippen molar-refractivity contribution >= 4 is 40.6 Å². The van der Waals surface area contributed by atoms with Crippen molar-refractivity contribution in [3.05, 3.63) is 112 Å². The summed E-state index contributed by atoms with van der Waals surface area (Å²) in [4.78, 5) is 15.5. The SMILES string of the molecule is CC.C[NH2+]c1ccccc1C(C)(C)C/C=C/c1c(/C=C/c2ccc(N(C)C)cc2)oc2ccccc2c1=O. The van der Waals surface area contributed by atoms with Crippen LogP contribution >= 0.6 is 0 Å². The van der Waals surface area contributed by atoms with E-state index >= 15 is 0 Å². The van der Waals surface area contributed by atoms with E-state index in [4.69, 9.17) is 4.42 Å². The van der Waals surface area contributed by atoms with Gasteiger partial charge in [-0.05, 0) is 53.8 Å². The van der Waals surface area contributed by atoms with E-state index in [2.05, 4.69) is 85.7 Å². The minimum atomic E-state index is -0.0825. The zero-order valence-corrected chi connectivity index (χ0v) is 23.8. The molecule has 1 heterocycles. The number of anilines is 1. The number of allylic oxidation sites excluding steroid dienone is 1. The van der Waals surface area contributed by atoms with Gasteiger partial charge in [-0.2, -0.15) is 0 Å². The van der Waals surface area contributed by atoms with Gasteiger partial charge in [0.15, 0.2) is 0 Å². The van der Waals surface area contributed by atoms with Gasteiger partial charge in [0.25, 0.3) is 0 Å². The van der Waals surface area contributed by atoms with Crippen molar-refractivity contribution in [3.63, 3.8) is 0 Å². The molecule has 0 aliphatic heterocycles. The third kappa shape index (κ3) is 6.70. The lowest BCUT2D eigenvalue weighted by Gasteiger charge is -2.24. The first-order chi connectivity index (χ1) is 18.3. The molecule has 4 aromatic rings. The van der Waals surface area contributed by atoms with Crippen LogP contribution in [-0.4, -0.2) is 21.1 Å². The molecular formula is C34H41N2O2+. The summed E-state index contributed by atoms with van der Waals surface area (Å²) < 4.78 is 6.21. The van der Waals surface area contributed by atoms with Gasteiger partial charge in [0, 0.05) is 25.3 Å². The fourth-order valence-electron chi connectivity index (χ4n) is 4.46. The summed E-state index contributed by atoms with van der Waals surface area (Å²) in [7, 11) is 6.11. The predicted octanol–water partition coefficient (Wildman–Crippen LogP) is 7.26. The molecule has 0 radical (unpaired) electrons. The summed E-state index contributed by atoms with van der Waals surface area (Å²) >= 11 is 0. The second-order valence-corrected chi connectivity index (χ2v) is 9.89. The summed E-state index contributed by atoms with van der Waals surface area (Å²) in [6.07, 6.45) is 8.69. The zero-order chi connectivity index (χ0) is 27.7. The van der Waals surface area contributed by atoms with E-state index in [1.807, 2.05) is 70.4 Å². The number of para-hydroxylation sites is 2. The molecule has 4 heteroatoms. The highest BCUT2D eigenvalue weighted by atomic mass is 16.3. The molecule has 0 aliphatic rings. The third-order valence-corrected chi connectivity index (χ3v) is 6.61. The Kier molecular flexibility index (Phi) is 9.86. The first-order valence-corrected chi connectivity index (χ1v) is 13.4. The average molecular weight is 510 g/mol. The average Bonchev–Trinajstić information content (AvgIpc) is 2.94. The molecule has 0 aliphatic carbocycles. The van der Waals surface area contributed by atoms with Crippen LogP contribution in [0.2, 0.25) is 0 Å². The molecule has 0 bridgehead atoms. The Hall–Kier alpha value is -3.89. The van der Waals surface area contributed by atoms with Crippen LogP contribution in [0, 0.1) is 0 Å². The van der Waals surface area contributed by atoms with Crippen molar-refractivity contribution in [1.29, 1.82) is 0 Å². The van der Waals surface area contributed by atoms with E-state index in [9.17, 15) is 4.79 Å². The van der Waals surface area contributed by atoms with Crippen LogP contribution in [0.4, 0.5) is 11.4 Å². The summed E-state index contributed by atoms with van der Waals surface area (Å²) in [6.45, 7) is 8.47. The predicted molar refractivity (Wildman–Crippen MR) is 164 cm³/mol. The topological polar surface area (TPSA) is 50.1 Å². The highest BCUT2D eigenvalue weighted by molar-refractivity contribution is 5.83. The number of benzene rings is 3. The first-order valence-electron chi connectivity index (χ1n) is 13.4. The molecule has 0 spiro atoms. The number of nitrogens with zero attached hydrogens (tertiary/aromatic N) is 1. The molecule has 0 saturated heterocycles. The summed E-state index contributed by atoms with van der Waals surface area (Å²) in [5, 5.41) is 2.74. The van der Waals surface area contributed by atoms with Gasteiger partial charge in [0.2, 0.25) is 5.43 Å². The van der Waals surface area contributed by atoms with Crippen molar-refractivity contribution < 1.29 is 9.73 Å². The van der Waals surface area contributed by atoms with Gasteiger partial charge >= 0.3 is 0 Å². The van der Waals surface area contributed by atoms with Crippen LogP contribution in [-0.2, 0) is 5.41 Å². The lowest BCUT2D eigenvalue weighted by Crippen LogP contribution is -2.73. The molecule has 0 atom stereocenters. The van der Waals surface area contributed by atoms with Gasteiger partial charge in [0.05, 0.1) is 18.0 Å². The number of rotatable bonds is 8. The Morgan fingerprint density at radius 1 is 0.868 bits per heavy atom. The molecule has 38 heavy (non-hydrogen) atoms. The van der Waals surface area contributed by atoms with Crippen LogP contribution in [0.15, 0.2) is 88.1 Å². The minimum absolute atomic E-state index is 0.0178. The molecule has 2 N–H and O–H groups in total. The van der Waals surface area contributed by atoms with E-state index in [-0.39, 0.29) is 10.8 Å². The Labute approximate surface area is 227 Å². The van der Waals surface area contributed by atoms with Crippen molar-refractivity contribution in [3.8, 4) is 0 Å². The normalized spacial score (nSPS) is 11.7. The number of hydrogen-bond donors (Lipinski definition) is 1. The molecular weight excluding hydrogens is 468 g/mol. The van der Waals surface area contributed by atoms with Crippen LogP contribution in [0.5, 0.6) is 0 Å². The quantitative estimate of drug-likeness (QED) is 0.254. The Balaban J connectivity index is 0.00000195. The standard InChI is InChI=1S/C32H34N2O2.C2H6/c1-32(2,27-13-7-8-14-28(27)33-3)22-10-12-26-30(36-29-15-9-6-11-25(29)31(26)35)21-18-23-16-19-24(20-17-23)34(4)5;1-2/h6-21,33H,22H2,1-5H3;1-2H3/p+1/b12-10+,21-18+;. The van der Waals surface area contributed by atoms with E-state index in [0.717, 1.165) is 17.7 Å². The van der Waals surface area contributed by atoms with E-state index in [1.165, 1.54) is 11.3 Å². The number of quaternary nitrogens is 1. The second-order valence-electron chi connectivity index (χ2n) is 9.89. The van der Waals surface area contributed by atoms with Crippen molar-refractivity contribution in [2.45, 2.75) is 39.5 Å². The van der Waals surface area contributed by atoms with Crippen molar-refractivity contribution in [1.82, 2.24) is 0 Å². The zero-order valence-electron chi connectivity index (χ0n) is 23.8.